The summed E-state index contributed by atoms with van der Waals surface area (Å²) in [6.07, 6.45) is 0. The van der Waals surface area contributed by atoms with Crippen LogP contribution in [-0.2, 0) is 8.23 Å². The van der Waals surface area contributed by atoms with Crippen molar-refractivity contribution >= 4 is 35.4 Å². The van der Waals surface area contributed by atoms with Crippen LogP contribution in [0.25, 0.3) is 0 Å². The fourth-order valence-electron chi connectivity index (χ4n) is 0.760. The maximum absolute atomic E-state index is 5.45. The van der Waals surface area contributed by atoms with Crippen molar-refractivity contribution in [3.63, 3.8) is 0 Å². The summed E-state index contributed by atoms with van der Waals surface area (Å²) in [6.45, 7) is 0. The highest BCUT2D eigenvalue weighted by atomic mass is 28.3. The van der Waals surface area contributed by atoms with Gasteiger partial charge in [0.1, 0.15) is 10.5 Å². The quantitative estimate of drug-likeness (QED) is 0.395. The summed E-state index contributed by atoms with van der Waals surface area (Å²) >= 11 is 0. The second-order valence-electron chi connectivity index (χ2n) is 2.16. The molecule has 59 valence electrons. The molecule has 0 fully saturated rings. The molecular weight excluding hydrogens is 188 g/mol. The van der Waals surface area contributed by atoms with E-state index >= 15 is 0 Å². The van der Waals surface area contributed by atoms with Crippen LogP contribution in [0.4, 0.5) is 0 Å². The Balaban J connectivity index is 2.28. The van der Waals surface area contributed by atoms with Crippen molar-refractivity contribution in [1.29, 1.82) is 0 Å². The van der Waals surface area contributed by atoms with Crippen LogP contribution in [0, 0.1) is 6.07 Å². The van der Waals surface area contributed by atoms with E-state index in [0.29, 0.717) is 0 Å². The maximum Gasteiger partial charge on any atom is 0.283 e. The topological polar surface area (TPSA) is 18.5 Å². The standard InChI is InChI=1S/C6H11O2Si3/c9-7-11-8-10-6-4-2-1-3-5-6/h2-5H,10-11H2,9H3. The predicted molar refractivity (Wildman–Crippen MR) is 54.1 cm³/mol. The molecule has 5 heteroatoms. The highest BCUT2D eigenvalue weighted by Gasteiger charge is 1.90. The summed E-state index contributed by atoms with van der Waals surface area (Å²) in [4.78, 5) is 0. The molecule has 0 aliphatic heterocycles. The van der Waals surface area contributed by atoms with Crippen molar-refractivity contribution in [1.82, 2.24) is 0 Å². The summed E-state index contributed by atoms with van der Waals surface area (Å²) in [5, 5.41) is 1.33. The molecule has 1 radical (unpaired) electrons. The van der Waals surface area contributed by atoms with E-state index in [9.17, 15) is 0 Å². The Morgan fingerprint density at radius 2 is 2.09 bits per heavy atom. The molecule has 1 rings (SSSR count). The van der Waals surface area contributed by atoms with Crippen molar-refractivity contribution in [3.05, 3.63) is 30.3 Å². The largest absolute Gasteiger partial charge is 0.449 e. The minimum atomic E-state index is -0.609. The molecule has 0 aliphatic carbocycles. The third kappa shape index (κ3) is 3.63. The van der Waals surface area contributed by atoms with Gasteiger partial charge >= 0.3 is 0 Å². The molecule has 1 aromatic rings. The summed E-state index contributed by atoms with van der Waals surface area (Å²) < 4.78 is 10.5. The second kappa shape index (κ2) is 5.44. The van der Waals surface area contributed by atoms with Crippen LogP contribution in [0.3, 0.4) is 0 Å². The molecule has 0 aromatic heterocycles. The molecule has 0 atom stereocenters. The van der Waals surface area contributed by atoms with Crippen molar-refractivity contribution in [2.24, 2.45) is 0 Å². The first-order chi connectivity index (χ1) is 5.43. The molecule has 1 aromatic carbocycles. The fourth-order valence-corrected chi connectivity index (χ4v) is 4.63. The van der Waals surface area contributed by atoms with Gasteiger partial charge in [0.2, 0.25) is 0 Å². The smallest absolute Gasteiger partial charge is 0.283 e. The summed E-state index contributed by atoms with van der Waals surface area (Å²) in [5.74, 6) is 0. The zero-order valence-electron chi connectivity index (χ0n) is 6.54. The van der Waals surface area contributed by atoms with E-state index in [1.54, 1.807) is 0 Å². The lowest BCUT2D eigenvalue weighted by Gasteiger charge is -2.00. The van der Waals surface area contributed by atoms with E-state index in [4.69, 9.17) is 8.23 Å². The van der Waals surface area contributed by atoms with E-state index in [1.165, 1.54) is 5.19 Å². The molecular formula is C6H11O2Si3. The summed E-state index contributed by atoms with van der Waals surface area (Å²) in [7, 11) is -0.274. The lowest BCUT2D eigenvalue weighted by Crippen LogP contribution is -2.19. The molecule has 0 spiro atoms. The third-order valence-electron chi connectivity index (χ3n) is 1.26. The molecule has 0 amide bonds. The van der Waals surface area contributed by atoms with E-state index < -0.39 is 19.8 Å². The molecule has 11 heavy (non-hydrogen) atoms. The zero-order chi connectivity index (χ0) is 7.94. The van der Waals surface area contributed by atoms with Crippen molar-refractivity contribution in [3.8, 4) is 0 Å². The summed E-state index contributed by atoms with van der Waals surface area (Å²) in [5.41, 5.74) is 0. The van der Waals surface area contributed by atoms with Crippen LogP contribution in [0.15, 0.2) is 24.3 Å². The number of benzene rings is 1. The Hall–Kier alpha value is -0.209. The minimum absolute atomic E-state index is 0.483. The average Bonchev–Trinajstić information content (AvgIpc) is 2.07. The zero-order valence-corrected chi connectivity index (χ0v) is 11.4. The molecule has 0 heterocycles. The van der Waals surface area contributed by atoms with Gasteiger partial charge < -0.3 is 8.23 Å². The monoisotopic (exact) mass is 199 g/mol. The van der Waals surface area contributed by atoms with E-state index in [0.717, 1.165) is 10.5 Å². The van der Waals surface area contributed by atoms with Gasteiger partial charge in [-0.05, 0) is 11.3 Å². The van der Waals surface area contributed by atoms with Gasteiger partial charge in [0.05, 0.1) is 0 Å². The van der Waals surface area contributed by atoms with E-state index in [2.05, 4.69) is 18.2 Å². The van der Waals surface area contributed by atoms with Gasteiger partial charge in [0, 0.05) is 0 Å². The van der Waals surface area contributed by atoms with Crippen LogP contribution in [0.1, 0.15) is 0 Å². The minimum Gasteiger partial charge on any atom is -0.449 e. The first kappa shape index (κ1) is 8.88. The van der Waals surface area contributed by atoms with E-state index in [1.807, 2.05) is 12.1 Å². The first-order valence-corrected chi connectivity index (χ1v) is 6.70. The van der Waals surface area contributed by atoms with Crippen LogP contribution in [0.2, 0.25) is 0 Å². The maximum atomic E-state index is 5.45. The van der Waals surface area contributed by atoms with Gasteiger partial charge in [0.25, 0.3) is 10.0 Å². The molecule has 0 unspecified atom stereocenters. The third-order valence-corrected chi connectivity index (χ3v) is 4.49. The van der Waals surface area contributed by atoms with Gasteiger partial charge in [-0.3, -0.25) is 0 Å². The Bertz CT molecular complexity index is 192. The van der Waals surface area contributed by atoms with Crippen LogP contribution in [-0.4, -0.2) is 30.3 Å². The van der Waals surface area contributed by atoms with Crippen molar-refractivity contribution < 1.29 is 8.23 Å². The Kier molecular flexibility index (Phi) is 4.40. The predicted octanol–water partition coefficient (Wildman–Crippen LogP) is -2.49. The Morgan fingerprint density at radius 1 is 1.36 bits per heavy atom. The molecule has 0 saturated heterocycles. The van der Waals surface area contributed by atoms with Crippen LogP contribution < -0.4 is 5.19 Å². The van der Waals surface area contributed by atoms with Crippen molar-refractivity contribution in [2.45, 2.75) is 0 Å². The number of hydrogen-bond donors (Lipinski definition) is 0. The summed E-state index contributed by atoms with van der Waals surface area (Å²) in [6, 6.07) is 11.0. The van der Waals surface area contributed by atoms with Crippen LogP contribution >= 0.6 is 0 Å². The molecule has 0 aliphatic rings. The van der Waals surface area contributed by atoms with Crippen molar-refractivity contribution in [2.75, 3.05) is 0 Å². The van der Waals surface area contributed by atoms with Gasteiger partial charge in [-0.2, -0.15) is 0 Å². The lowest BCUT2D eigenvalue weighted by atomic mass is 10.4. The van der Waals surface area contributed by atoms with Crippen LogP contribution in [0.5, 0.6) is 0 Å². The fraction of sp³-hybridized carbons (Fsp3) is 0. The second-order valence-corrected chi connectivity index (χ2v) is 7.45. The van der Waals surface area contributed by atoms with Gasteiger partial charge in [-0.1, -0.05) is 24.3 Å². The highest BCUT2D eigenvalue weighted by molar-refractivity contribution is 6.53. The van der Waals surface area contributed by atoms with Gasteiger partial charge in [-0.15, -0.1) is 0 Å². The van der Waals surface area contributed by atoms with Gasteiger partial charge in [-0.25, -0.2) is 0 Å². The molecule has 0 N–H and O–H groups in total. The molecule has 0 saturated carbocycles. The Morgan fingerprint density at radius 3 is 2.73 bits per heavy atom. The lowest BCUT2D eigenvalue weighted by molar-refractivity contribution is 0.507. The Labute approximate surface area is 74.5 Å². The highest BCUT2D eigenvalue weighted by Crippen LogP contribution is 1.80. The molecule has 2 nitrogen and oxygen atoms in total. The SMILES string of the molecule is [SiH3]O[SiH2]O[SiH2]c1cc[c]cc1. The molecule has 0 bridgehead atoms. The van der Waals surface area contributed by atoms with E-state index in [-0.39, 0.29) is 0 Å². The number of rotatable bonds is 4. The average molecular weight is 199 g/mol. The number of hydrogen-bond acceptors (Lipinski definition) is 2. The van der Waals surface area contributed by atoms with Gasteiger partial charge in [0.15, 0.2) is 9.76 Å². The first-order valence-electron chi connectivity index (χ1n) is 3.45. The normalized spacial score (nSPS) is 12.4.